The van der Waals surface area contributed by atoms with Gasteiger partial charge in [0.05, 0.1) is 0 Å². The minimum atomic E-state index is -0.604. The lowest BCUT2D eigenvalue weighted by atomic mass is 9.83. The summed E-state index contributed by atoms with van der Waals surface area (Å²) in [5.74, 6) is 1.73. The quantitative estimate of drug-likeness (QED) is 0.731. The van der Waals surface area contributed by atoms with Gasteiger partial charge in [-0.3, -0.25) is 9.11 Å². The molecule has 0 spiro atoms. The Morgan fingerprint density at radius 1 is 1.24 bits per heavy atom. The lowest BCUT2D eigenvalue weighted by Crippen LogP contribution is -2.42. The average molecular weight is 259 g/mol. The molecule has 1 fully saturated rings. The van der Waals surface area contributed by atoms with Gasteiger partial charge in [0.2, 0.25) is 0 Å². The van der Waals surface area contributed by atoms with E-state index in [0.29, 0.717) is 6.04 Å². The fourth-order valence-corrected chi connectivity index (χ4v) is 3.81. The number of rotatable bonds is 6. The molecule has 1 unspecified atom stereocenters. The van der Waals surface area contributed by atoms with Crippen molar-refractivity contribution in [2.24, 2.45) is 5.92 Å². The molecule has 0 aromatic carbocycles. The molecule has 1 rings (SSSR count). The van der Waals surface area contributed by atoms with Crippen molar-refractivity contribution in [2.45, 2.75) is 65.0 Å². The molecule has 0 saturated heterocycles. The summed E-state index contributed by atoms with van der Waals surface area (Å²) in [5, 5.41) is 0. The number of nitrogens with zero attached hydrogens (tertiary/aromatic N) is 1. The average Bonchev–Trinajstić information content (AvgIpc) is 2.28. The van der Waals surface area contributed by atoms with Gasteiger partial charge >= 0.3 is 0 Å². The summed E-state index contributed by atoms with van der Waals surface area (Å²) in [4.78, 5) is 2.63. The van der Waals surface area contributed by atoms with Gasteiger partial charge in [0.15, 0.2) is 0 Å². The molecule has 0 radical (unpaired) electrons. The smallest absolute Gasteiger partial charge is 0.0234 e. The number of hydrogen-bond donors (Lipinski definition) is 0. The molecule has 102 valence electrons. The van der Waals surface area contributed by atoms with Crippen molar-refractivity contribution in [1.29, 1.82) is 0 Å². The minimum absolute atomic E-state index is 0.604. The van der Waals surface area contributed by atoms with Gasteiger partial charge in [-0.05, 0) is 58.4 Å². The van der Waals surface area contributed by atoms with Crippen LogP contribution in [0.3, 0.4) is 0 Å². The Kier molecular flexibility index (Phi) is 6.71. The number of hydrogen-bond acceptors (Lipinski definition) is 2. The molecular weight excluding hydrogens is 230 g/mol. The first-order valence-electron chi connectivity index (χ1n) is 7.10. The highest BCUT2D eigenvalue weighted by Crippen LogP contribution is 2.30. The van der Waals surface area contributed by atoms with Gasteiger partial charge in [0, 0.05) is 34.9 Å². The first-order valence-corrected chi connectivity index (χ1v) is 8.83. The molecule has 0 aromatic heterocycles. The van der Waals surface area contributed by atoms with E-state index >= 15 is 0 Å². The minimum Gasteiger partial charge on any atom is -0.298 e. The highest BCUT2D eigenvalue weighted by Gasteiger charge is 2.26. The molecule has 0 heterocycles. The van der Waals surface area contributed by atoms with Crippen LogP contribution in [0.15, 0.2) is 0 Å². The van der Waals surface area contributed by atoms with Crippen LogP contribution in [0.25, 0.3) is 0 Å². The van der Waals surface area contributed by atoms with Gasteiger partial charge in [0.1, 0.15) is 0 Å². The van der Waals surface area contributed by atoms with Crippen molar-refractivity contribution in [2.75, 3.05) is 18.6 Å². The normalized spacial score (nSPS) is 27.6. The molecule has 0 N–H and O–H groups in total. The highest BCUT2D eigenvalue weighted by atomic mass is 32.2. The summed E-state index contributed by atoms with van der Waals surface area (Å²) in [6.07, 6.45) is 8.35. The summed E-state index contributed by atoms with van der Waals surface area (Å²) in [6.45, 7) is 8.05. The summed E-state index contributed by atoms with van der Waals surface area (Å²) in [6, 6.07) is 1.47. The maximum Gasteiger partial charge on any atom is 0.0234 e. The van der Waals surface area contributed by atoms with E-state index in [0.717, 1.165) is 17.7 Å². The SMILES string of the molecule is CCN(C(C)C)C1CCC(CCS(C)=O)CC1. The maximum absolute atomic E-state index is 11.1. The van der Waals surface area contributed by atoms with Crippen LogP contribution in [0.2, 0.25) is 0 Å². The van der Waals surface area contributed by atoms with E-state index < -0.39 is 10.8 Å². The van der Waals surface area contributed by atoms with Gasteiger partial charge < -0.3 is 0 Å². The summed E-state index contributed by atoms with van der Waals surface area (Å²) in [5.41, 5.74) is 0. The largest absolute Gasteiger partial charge is 0.298 e. The Morgan fingerprint density at radius 3 is 2.24 bits per heavy atom. The van der Waals surface area contributed by atoms with E-state index in [1.807, 2.05) is 6.26 Å². The Hall–Kier alpha value is 0.110. The van der Waals surface area contributed by atoms with E-state index in [9.17, 15) is 4.21 Å². The van der Waals surface area contributed by atoms with Crippen LogP contribution in [0.5, 0.6) is 0 Å². The highest BCUT2D eigenvalue weighted by molar-refractivity contribution is 7.84. The fourth-order valence-electron chi connectivity index (χ4n) is 3.14. The maximum atomic E-state index is 11.1. The molecule has 2 nitrogen and oxygen atoms in total. The van der Waals surface area contributed by atoms with E-state index in [2.05, 4.69) is 25.7 Å². The molecule has 0 aromatic rings. The second kappa shape index (κ2) is 7.52. The van der Waals surface area contributed by atoms with Gasteiger partial charge in [-0.15, -0.1) is 0 Å². The summed E-state index contributed by atoms with van der Waals surface area (Å²) in [7, 11) is -0.604. The Bertz CT molecular complexity index is 234. The van der Waals surface area contributed by atoms with Crippen LogP contribution in [0.1, 0.15) is 52.9 Å². The predicted molar refractivity (Wildman–Crippen MR) is 76.8 cm³/mol. The Balaban J connectivity index is 2.32. The van der Waals surface area contributed by atoms with Gasteiger partial charge in [-0.1, -0.05) is 6.92 Å². The first-order chi connectivity index (χ1) is 8.04. The standard InChI is InChI=1S/C14H29NOS/c1-5-15(12(2)3)14-8-6-13(7-9-14)10-11-17(4)16/h12-14H,5-11H2,1-4H3. The Labute approximate surface area is 110 Å². The predicted octanol–water partition coefficient (Wildman–Crippen LogP) is 3.04. The molecule has 1 atom stereocenters. The topological polar surface area (TPSA) is 20.3 Å². The van der Waals surface area contributed by atoms with E-state index in [-0.39, 0.29) is 0 Å². The third kappa shape index (κ3) is 5.09. The van der Waals surface area contributed by atoms with Crippen LogP contribution in [0, 0.1) is 5.92 Å². The summed E-state index contributed by atoms with van der Waals surface area (Å²) >= 11 is 0. The molecular formula is C14H29NOS. The molecule has 17 heavy (non-hydrogen) atoms. The van der Waals surface area contributed by atoms with Gasteiger partial charge in [-0.25, -0.2) is 0 Å². The zero-order valence-corrected chi connectivity index (χ0v) is 12.8. The van der Waals surface area contributed by atoms with Crippen molar-refractivity contribution in [3.8, 4) is 0 Å². The van der Waals surface area contributed by atoms with Crippen LogP contribution >= 0.6 is 0 Å². The van der Waals surface area contributed by atoms with Gasteiger partial charge in [-0.2, -0.15) is 0 Å². The van der Waals surface area contributed by atoms with E-state index in [1.54, 1.807) is 0 Å². The second-order valence-electron chi connectivity index (χ2n) is 5.66. The lowest BCUT2D eigenvalue weighted by molar-refractivity contribution is 0.111. The molecule has 1 saturated carbocycles. The van der Waals surface area contributed by atoms with Crippen LogP contribution in [0.4, 0.5) is 0 Å². The lowest BCUT2D eigenvalue weighted by Gasteiger charge is -2.38. The van der Waals surface area contributed by atoms with Crippen molar-refractivity contribution in [1.82, 2.24) is 4.90 Å². The van der Waals surface area contributed by atoms with E-state index in [4.69, 9.17) is 0 Å². The first kappa shape index (κ1) is 15.2. The van der Waals surface area contributed by atoms with Crippen LogP contribution in [-0.2, 0) is 10.8 Å². The van der Waals surface area contributed by atoms with Crippen molar-refractivity contribution in [3.63, 3.8) is 0 Å². The van der Waals surface area contributed by atoms with Crippen LogP contribution in [-0.4, -0.2) is 39.7 Å². The zero-order valence-electron chi connectivity index (χ0n) is 11.9. The van der Waals surface area contributed by atoms with Crippen molar-refractivity contribution in [3.05, 3.63) is 0 Å². The third-order valence-electron chi connectivity index (χ3n) is 4.13. The third-order valence-corrected chi connectivity index (χ3v) is 4.94. The second-order valence-corrected chi connectivity index (χ2v) is 7.22. The fraction of sp³-hybridized carbons (Fsp3) is 1.00. The summed E-state index contributed by atoms with van der Waals surface area (Å²) < 4.78 is 11.1. The zero-order chi connectivity index (χ0) is 12.8. The monoisotopic (exact) mass is 259 g/mol. The molecule has 1 aliphatic carbocycles. The molecule has 3 heteroatoms. The van der Waals surface area contributed by atoms with Gasteiger partial charge in [0.25, 0.3) is 0 Å². The molecule has 0 bridgehead atoms. The Morgan fingerprint density at radius 2 is 1.82 bits per heavy atom. The molecule has 1 aliphatic rings. The van der Waals surface area contributed by atoms with Crippen LogP contribution < -0.4 is 0 Å². The van der Waals surface area contributed by atoms with Crippen molar-refractivity contribution < 1.29 is 4.21 Å². The molecule has 0 aliphatic heterocycles. The molecule has 0 amide bonds. The van der Waals surface area contributed by atoms with E-state index in [1.165, 1.54) is 38.6 Å². The van der Waals surface area contributed by atoms with Crippen molar-refractivity contribution >= 4 is 10.8 Å².